The highest BCUT2D eigenvalue weighted by molar-refractivity contribution is 7.94. The zero-order chi connectivity index (χ0) is 69.5. The Labute approximate surface area is 555 Å². The highest BCUT2D eigenvalue weighted by Gasteiger charge is 2.59. The van der Waals surface area contributed by atoms with Crippen LogP contribution in [0.1, 0.15) is 198 Å². The zero-order valence-corrected chi connectivity index (χ0v) is 60.2. The number of aryl methyl sites for hydroxylation is 2. The van der Waals surface area contributed by atoms with Gasteiger partial charge in [-0.25, -0.2) is 10.1 Å². The molecule has 23 heteroatoms. The molecule has 2 atom stereocenters. The van der Waals surface area contributed by atoms with E-state index < -0.39 is 82.0 Å². The van der Waals surface area contributed by atoms with Gasteiger partial charge in [-0.15, -0.1) is 9.40 Å². The molecule has 0 spiro atoms. The molecule has 2 amide bonds. The van der Waals surface area contributed by atoms with Gasteiger partial charge >= 0.3 is 5.97 Å². The van der Waals surface area contributed by atoms with Gasteiger partial charge in [0.2, 0.25) is 5.69 Å². The second kappa shape index (κ2) is 27.9. The van der Waals surface area contributed by atoms with Crippen molar-refractivity contribution in [3.8, 4) is 5.75 Å². The van der Waals surface area contributed by atoms with E-state index in [-0.39, 0.29) is 35.7 Å². The Hall–Kier alpha value is -5.57. The van der Waals surface area contributed by atoms with Crippen LogP contribution in [0.5, 0.6) is 5.75 Å². The minimum absolute atomic E-state index is 0.0219. The largest absolute Gasteiger partial charge is 0.457 e. The van der Waals surface area contributed by atoms with Crippen LogP contribution < -0.4 is 9.64 Å². The van der Waals surface area contributed by atoms with Gasteiger partial charge in [-0.1, -0.05) is 38.8 Å². The van der Waals surface area contributed by atoms with E-state index in [2.05, 4.69) is 88.1 Å². The summed E-state index contributed by atoms with van der Waals surface area (Å²) in [5, 5.41) is 14.0. The summed E-state index contributed by atoms with van der Waals surface area (Å²) in [5.74, 6) is -1.04. The third kappa shape index (κ3) is 17.0. The molecule has 0 radical (unpaired) electrons. The van der Waals surface area contributed by atoms with Gasteiger partial charge in [-0.05, 0) is 219 Å². The van der Waals surface area contributed by atoms with Gasteiger partial charge in [0.15, 0.2) is 5.71 Å². The van der Waals surface area contributed by atoms with Crippen molar-refractivity contribution < 1.29 is 83.3 Å². The van der Waals surface area contributed by atoms with Crippen LogP contribution in [0.4, 0.5) is 11.4 Å². The van der Waals surface area contributed by atoms with E-state index in [1.165, 1.54) is 30.3 Å². The predicted molar refractivity (Wildman–Crippen MR) is 357 cm³/mol. The fourth-order valence-corrected chi connectivity index (χ4v) is 14.1. The summed E-state index contributed by atoms with van der Waals surface area (Å²) in [5.41, 5.74) is 2.62. The Bertz CT molecular complexity index is 3730. The number of carbonyl (C=O) groups excluding carboxylic acids is 3. The summed E-state index contributed by atoms with van der Waals surface area (Å²) in [4.78, 5) is 45.1. The van der Waals surface area contributed by atoms with Crippen LogP contribution in [0.3, 0.4) is 0 Å². The van der Waals surface area contributed by atoms with Crippen molar-refractivity contribution in [3.05, 3.63) is 118 Å². The van der Waals surface area contributed by atoms with E-state index >= 15 is 0 Å². The number of hydroxylamine groups is 2. The van der Waals surface area contributed by atoms with Gasteiger partial charge in [0.1, 0.15) is 18.1 Å². The predicted octanol–water partition coefficient (Wildman–Crippen LogP) is 14.7. The number of unbranched alkanes of at least 4 members (excludes halogenated alkanes) is 2. The number of nitrogens with zero attached hydrogens (tertiary/aromatic N) is 3. The molecule has 1 fully saturated rings. The molecule has 3 aliphatic heterocycles. The van der Waals surface area contributed by atoms with Crippen LogP contribution in [0.25, 0.3) is 0 Å². The van der Waals surface area contributed by atoms with Crippen LogP contribution >= 0.6 is 12.0 Å². The smallest absolute Gasteiger partial charge is 0.333 e. The first-order valence-corrected chi connectivity index (χ1v) is 35.3. The minimum Gasteiger partial charge on any atom is -0.457 e. The SMILES string of the molecule is Cc1cc(SOOO)cc2c1N(C(C)(C)COC(C)(C)C)C(=CC=C1CCCC(C=CC3=[N+](CCCCCC(=O)ON4C(=O)CCC4=O)c4c(C)cc(S(=O)(=O)O)cc4C3(C)C(C)(C)COC(C)(C)C)=C1Oc1ccc(S(=O)(=O)O)cc1)C2(C)C(C)(C)COC(C)(C)C. The van der Waals surface area contributed by atoms with E-state index in [4.69, 9.17) is 28.1 Å². The average Bonchev–Trinajstić information content (AvgIpc) is 1.56. The Morgan fingerprint density at radius 2 is 1.24 bits per heavy atom. The Kier molecular flexibility index (Phi) is 22.4. The number of fused-ring (bicyclic) bond motifs is 2. The summed E-state index contributed by atoms with van der Waals surface area (Å²) in [6, 6.07) is 12.6. The monoisotopic (exact) mass is 1350 g/mol. The van der Waals surface area contributed by atoms with Gasteiger partial charge in [-0.3, -0.25) is 18.7 Å². The van der Waals surface area contributed by atoms with E-state index in [0.29, 0.717) is 90.9 Å². The van der Waals surface area contributed by atoms with Crippen molar-refractivity contribution in [1.29, 1.82) is 0 Å². The van der Waals surface area contributed by atoms with Crippen molar-refractivity contribution in [2.24, 2.45) is 10.8 Å². The number of hydrogen-bond acceptors (Lipinski definition) is 17. The second-order valence-electron chi connectivity index (χ2n) is 30.1. The molecule has 7 rings (SSSR count). The number of imide groups is 1. The van der Waals surface area contributed by atoms with E-state index in [1.807, 2.05) is 94.4 Å². The molecular weight excluding hydrogens is 1250 g/mol. The van der Waals surface area contributed by atoms with E-state index in [1.54, 1.807) is 6.07 Å². The van der Waals surface area contributed by atoms with E-state index in [9.17, 15) is 45.6 Å². The summed E-state index contributed by atoms with van der Waals surface area (Å²) in [6.45, 7) is 40.3. The lowest BCUT2D eigenvalue weighted by Gasteiger charge is -2.47. The van der Waals surface area contributed by atoms with Gasteiger partial charge < -0.3 is 28.7 Å². The molecule has 4 aliphatic rings. The zero-order valence-electron chi connectivity index (χ0n) is 57.7. The molecule has 20 nitrogen and oxygen atoms in total. The molecule has 93 heavy (non-hydrogen) atoms. The first-order chi connectivity index (χ1) is 42.8. The molecule has 3 aromatic carbocycles. The quantitative estimate of drug-likeness (QED) is 0.0128. The van der Waals surface area contributed by atoms with Crippen LogP contribution in [-0.2, 0) is 73.9 Å². The van der Waals surface area contributed by atoms with Crippen molar-refractivity contribution in [3.63, 3.8) is 0 Å². The highest BCUT2D eigenvalue weighted by Crippen LogP contribution is 2.61. The molecule has 512 valence electrons. The molecular formula is C70H98N3O17S3+. The molecule has 0 bridgehead atoms. The minimum atomic E-state index is -4.71. The van der Waals surface area contributed by atoms with Gasteiger partial charge in [0, 0.05) is 75.4 Å². The van der Waals surface area contributed by atoms with Crippen molar-refractivity contribution in [2.45, 2.75) is 237 Å². The number of allylic oxidation sites excluding steroid dienone is 7. The third-order valence-corrected chi connectivity index (χ3v) is 20.5. The fraction of sp³-hybridized carbons (Fsp3) is 0.571. The summed E-state index contributed by atoms with van der Waals surface area (Å²) >= 11 is 0.887. The maximum Gasteiger partial charge on any atom is 0.333 e. The van der Waals surface area contributed by atoms with Crippen molar-refractivity contribution in [2.75, 3.05) is 31.3 Å². The lowest BCUT2D eigenvalue weighted by Crippen LogP contribution is -2.52. The number of benzene rings is 3. The molecule has 0 saturated carbocycles. The summed E-state index contributed by atoms with van der Waals surface area (Å²) in [6.07, 6.45) is 11.4. The first kappa shape index (κ1) is 74.8. The lowest BCUT2D eigenvalue weighted by molar-refractivity contribution is -0.439. The van der Waals surface area contributed by atoms with Crippen LogP contribution in [0.2, 0.25) is 0 Å². The Morgan fingerprint density at radius 1 is 0.667 bits per heavy atom. The number of anilines is 1. The van der Waals surface area contributed by atoms with Crippen LogP contribution in [-0.4, -0.2) is 113 Å². The lowest BCUT2D eigenvalue weighted by atomic mass is 9.61. The van der Waals surface area contributed by atoms with Gasteiger partial charge in [0.25, 0.3) is 32.1 Å². The molecule has 0 aromatic heterocycles. The normalized spacial score (nSPS) is 20.5. The maximum absolute atomic E-state index is 13.2. The topological polar surface area (TPSA) is 254 Å². The van der Waals surface area contributed by atoms with Gasteiger partial charge in [-0.2, -0.15) is 21.4 Å². The molecule has 3 heterocycles. The fourth-order valence-electron chi connectivity index (χ4n) is 12.5. The molecule has 3 aromatic rings. The van der Waals surface area contributed by atoms with Crippen LogP contribution in [0.15, 0.2) is 110 Å². The third-order valence-electron chi connectivity index (χ3n) is 18.2. The number of ether oxygens (including phenoxy) is 4. The van der Waals surface area contributed by atoms with Crippen molar-refractivity contribution in [1.82, 2.24) is 5.06 Å². The Morgan fingerprint density at radius 3 is 1.80 bits per heavy atom. The molecule has 3 N–H and O–H groups in total. The van der Waals surface area contributed by atoms with Crippen molar-refractivity contribution >= 4 is 67.1 Å². The number of hydrogen-bond donors (Lipinski definition) is 3. The van der Waals surface area contributed by atoms with E-state index in [0.717, 1.165) is 57.1 Å². The highest BCUT2D eigenvalue weighted by atomic mass is 32.2. The average molecular weight is 1350 g/mol. The molecule has 1 saturated heterocycles. The maximum atomic E-state index is 13.2. The molecule has 1 aliphatic carbocycles. The number of carbonyl (C=O) groups is 3. The standard InChI is InChI=1S/C70H97N3O17S3/c1-45-38-50(91-90-89-77)40-53-61(45)72(68(16,17)44-86-65(9,10)11)56(70(53,19)67(14,15)43-85-64(6,7)8)34-28-48-25-23-24-47(62(48)87-49-29-31-51(32-30-49)92(78,79)80)27-33-55-69(18,66(12,13)42-84-63(3,4)5)54-41-52(93(81,82)83)39-46(2)60(54)71(55)37-22-20-21-26-59(76)88-73-57(74)35-36-58(73)75/h27-34,38-41H,20-26,35-37,42-44H2,1-19H3,(H2-,77,78,79,80,81,82,83)/p+1. The Balaban J connectivity index is 1.49. The summed E-state index contributed by atoms with van der Waals surface area (Å²) in [7, 11) is -9.27. The summed E-state index contributed by atoms with van der Waals surface area (Å²) < 4.78 is 106. The number of amides is 2. The molecule has 2 unspecified atom stereocenters. The first-order valence-electron chi connectivity index (χ1n) is 31.7. The van der Waals surface area contributed by atoms with Gasteiger partial charge in [0.05, 0.1) is 69.4 Å². The second-order valence-corrected chi connectivity index (χ2v) is 33.7. The van der Waals surface area contributed by atoms with Crippen LogP contribution in [0, 0.1) is 24.7 Å². The number of rotatable bonds is 26.